The van der Waals surface area contributed by atoms with Crippen LogP contribution in [0.15, 0.2) is 30.3 Å². The molecule has 21 heavy (non-hydrogen) atoms. The van der Waals surface area contributed by atoms with Gasteiger partial charge in [0.05, 0.1) is 21.1 Å². The molecule has 0 atom stereocenters. The minimum absolute atomic E-state index is 0.272. The number of phenolic OH excluding ortho intramolecular Hbond substituents is 1. The van der Waals surface area contributed by atoms with E-state index in [9.17, 15) is 9.50 Å². The Kier molecular flexibility index (Phi) is 2.59. The van der Waals surface area contributed by atoms with E-state index in [1.807, 2.05) is 6.92 Å². The number of hydrogen-bond acceptors (Lipinski definition) is 4. The number of fused-ring (bicyclic) bond motifs is 4. The second kappa shape index (κ2) is 4.36. The number of aromatic hydroxyl groups is 1. The molecule has 106 valence electrons. The summed E-state index contributed by atoms with van der Waals surface area (Å²) in [5.74, 6) is 0.0237. The number of rotatable bonds is 0. The van der Waals surface area contributed by atoms with E-state index in [-0.39, 0.29) is 5.82 Å². The standard InChI is InChI=1S/C16H13FN2OS/c1-8-4-10-11-7-18-12-3-2-9(17)6-13(12)19-16(11)21-15(10)14(20)5-8/h2-6,18-20H,7H2,1H3. The lowest BCUT2D eigenvalue weighted by Gasteiger charge is -2.08. The Morgan fingerprint density at radius 2 is 2.05 bits per heavy atom. The lowest BCUT2D eigenvalue weighted by atomic mass is 10.1. The SMILES string of the molecule is Cc1cc(O)c2sc3c(c2c1)CNc1ccc(F)cc1N3. The van der Waals surface area contributed by atoms with Gasteiger partial charge in [0.15, 0.2) is 0 Å². The van der Waals surface area contributed by atoms with Crippen LogP contribution < -0.4 is 10.6 Å². The molecule has 5 heteroatoms. The van der Waals surface area contributed by atoms with Crippen LogP contribution in [0.5, 0.6) is 5.75 Å². The van der Waals surface area contributed by atoms with Gasteiger partial charge in [0, 0.05) is 17.5 Å². The number of aryl methyl sites for hydroxylation is 1. The normalized spacial score (nSPS) is 13.0. The molecular weight excluding hydrogens is 287 g/mol. The van der Waals surface area contributed by atoms with Crippen LogP contribution in [0.4, 0.5) is 20.8 Å². The first-order valence-electron chi connectivity index (χ1n) is 6.67. The molecule has 1 aromatic heterocycles. The van der Waals surface area contributed by atoms with Crippen LogP contribution in [0, 0.1) is 12.7 Å². The molecule has 0 unspecified atom stereocenters. The topological polar surface area (TPSA) is 44.3 Å². The smallest absolute Gasteiger partial charge is 0.133 e. The van der Waals surface area contributed by atoms with E-state index in [1.165, 1.54) is 23.5 Å². The highest BCUT2D eigenvalue weighted by Crippen LogP contribution is 2.45. The average Bonchev–Trinajstić information content (AvgIpc) is 2.66. The summed E-state index contributed by atoms with van der Waals surface area (Å²) in [6.07, 6.45) is 0. The summed E-state index contributed by atoms with van der Waals surface area (Å²) in [6.45, 7) is 2.61. The van der Waals surface area contributed by atoms with Crippen molar-refractivity contribution in [3.63, 3.8) is 0 Å². The summed E-state index contributed by atoms with van der Waals surface area (Å²) in [6, 6.07) is 8.50. The van der Waals surface area contributed by atoms with Crippen molar-refractivity contribution < 1.29 is 9.50 Å². The molecule has 0 spiro atoms. The van der Waals surface area contributed by atoms with Crippen molar-refractivity contribution in [2.24, 2.45) is 0 Å². The number of anilines is 3. The van der Waals surface area contributed by atoms with Gasteiger partial charge in [0.1, 0.15) is 11.6 Å². The first-order chi connectivity index (χ1) is 10.1. The first kappa shape index (κ1) is 12.5. The van der Waals surface area contributed by atoms with Crippen molar-refractivity contribution in [3.8, 4) is 5.75 Å². The van der Waals surface area contributed by atoms with Crippen LogP contribution in [0.2, 0.25) is 0 Å². The number of halogens is 1. The Bertz CT molecular complexity index is 872. The van der Waals surface area contributed by atoms with Crippen molar-refractivity contribution >= 4 is 37.8 Å². The van der Waals surface area contributed by atoms with E-state index in [0.29, 0.717) is 12.3 Å². The third kappa shape index (κ3) is 1.93. The van der Waals surface area contributed by atoms with Gasteiger partial charge in [-0.15, -0.1) is 11.3 Å². The van der Waals surface area contributed by atoms with Gasteiger partial charge < -0.3 is 15.7 Å². The fourth-order valence-electron chi connectivity index (χ4n) is 2.73. The van der Waals surface area contributed by atoms with Crippen LogP contribution >= 0.6 is 11.3 Å². The second-order valence-corrected chi connectivity index (χ2v) is 6.26. The molecule has 0 fully saturated rings. The molecule has 0 amide bonds. The molecule has 3 N–H and O–H groups in total. The number of thiophene rings is 1. The average molecular weight is 300 g/mol. The molecule has 3 nitrogen and oxygen atoms in total. The molecule has 0 saturated carbocycles. The molecule has 4 rings (SSSR count). The Morgan fingerprint density at radius 3 is 2.90 bits per heavy atom. The van der Waals surface area contributed by atoms with Gasteiger partial charge in [-0.05, 0) is 42.8 Å². The molecule has 3 aromatic rings. The Balaban J connectivity index is 1.93. The second-order valence-electron chi connectivity index (χ2n) is 5.24. The molecule has 0 saturated heterocycles. The highest BCUT2D eigenvalue weighted by atomic mass is 32.1. The monoisotopic (exact) mass is 300 g/mol. The quantitative estimate of drug-likeness (QED) is 0.562. The largest absolute Gasteiger partial charge is 0.506 e. The Labute approximate surface area is 125 Å². The van der Waals surface area contributed by atoms with E-state index in [2.05, 4.69) is 16.7 Å². The van der Waals surface area contributed by atoms with Crippen molar-refractivity contribution in [1.29, 1.82) is 0 Å². The van der Waals surface area contributed by atoms with Gasteiger partial charge in [-0.3, -0.25) is 0 Å². The van der Waals surface area contributed by atoms with Gasteiger partial charge in [0.25, 0.3) is 0 Å². The molecule has 0 aliphatic carbocycles. The third-order valence-corrected chi connectivity index (χ3v) is 4.89. The van der Waals surface area contributed by atoms with Gasteiger partial charge in [-0.25, -0.2) is 4.39 Å². The zero-order valence-electron chi connectivity index (χ0n) is 11.3. The van der Waals surface area contributed by atoms with Crippen LogP contribution in [-0.2, 0) is 6.54 Å². The van der Waals surface area contributed by atoms with Gasteiger partial charge in [-0.2, -0.15) is 0 Å². The summed E-state index contributed by atoms with van der Waals surface area (Å²) in [4.78, 5) is 0. The number of hydrogen-bond donors (Lipinski definition) is 3. The van der Waals surface area contributed by atoms with Gasteiger partial charge in [0.2, 0.25) is 0 Å². The summed E-state index contributed by atoms with van der Waals surface area (Å²) < 4.78 is 14.3. The summed E-state index contributed by atoms with van der Waals surface area (Å²) in [5, 5.41) is 18.7. The summed E-state index contributed by atoms with van der Waals surface area (Å²) in [5.41, 5.74) is 3.72. The molecule has 2 aromatic carbocycles. The first-order valence-corrected chi connectivity index (χ1v) is 7.49. The zero-order valence-corrected chi connectivity index (χ0v) is 12.1. The molecular formula is C16H13FN2OS. The predicted octanol–water partition coefficient (Wildman–Crippen LogP) is 4.72. The van der Waals surface area contributed by atoms with Gasteiger partial charge in [-0.1, -0.05) is 0 Å². The van der Waals surface area contributed by atoms with E-state index >= 15 is 0 Å². The number of benzene rings is 2. The van der Waals surface area contributed by atoms with Crippen LogP contribution in [0.3, 0.4) is 0 Å². The van der Waals surface area contributed by atoms with Crippen LogP contribution in [0.25, 0.3) is 10.1 Å². The van der Waals surface area contributed by atoms with Crippen LogP contribution in [-0.4, -0.2) is 5.11 Å². The Morgan fingerprint density at radius 1 is 1.19 bits per heavy atom. The molecule has 0 radical (unpaired) electrons. The fourth-order valence-corrected chi connectivity index (χ4v) is 3.85. The Hall–Kier alpha value is -2.27. The molecule has 1 aliphatic rings. The fraction of sp³-hybridized carbons (Fsp3) is 0.125. The molecule has 1 aliphatic heterocycles. The lowest BCUT2D eigenvalue weighted by Crippen LogP contribution is -1.97. The van der Waals surface area contributed by atoms with Crippen molar-refractivity contribution in [3.05, 3.63) is 47.3 Å². The minimum atomic E-state index is -0.272. The van der Waals surface area contributed by atoms with E-state index in [1.54, 1.807) is 12.1 Å². The van der Waals surface area contributed by atoms with Crippen LogP contribution in [0.1, 0.15) is 11.1 Å². The van der Waals surface area contributed by atoms with Crippen molar-refractivity contribution in [2.45, 2.75) is 13.5 Å². The van der Waals surface area contributed by atoms with E-state index < -0.39 is 0 Å². The zero-order chi connectivity index (χ0) is 14.6. The molecule has 2 heterocycles. The maximum absolute atomic E-state index is 13.4. The highest BCUT2D eigenvalue weighted by Gasteiger charge is 2.19. The predicted molar refractivity (Wildman–Crippen MR) is 85.2 cm³/mol. The van der Waals surface area contributed by atoms with Gasteiger partial charge >= 0.3 is 0 Å². The van der Waals surface area contributed by atoms with Crippen molar-refractivity contribution in [1.82, 2.24) is 0 Å². The number of nitrogens with one attached hydrogen (secondary N) is 2. The third-order valence-electron chi connectivity index (χ3n) is 3.70. The summed E-state index contributed by atoms with van der Waals surface area (Å²) >= 11 is 1.49. The van der Waals surface area contributed by atoms with E-state index in [0.717, 1.165) is 37.6 Å². The van der Waals surface area contributed by atoms with Crippen molar-refractivity contribution in [2.75, 3.05) is 10.6 Å². The highest BCUT2D eigenvalue weighted by molar-refractivity contribution is 7.23. The lowest BCUT2D eigenvalue weighted by molar-refractivity contribution is 0.482. The summed E-state index contributed by atoms with van der Waals surface area (Å²) in [7, 11) is 0. The minimum Gasteiger partial charge on any atom is -0.506 e. The number of phenols is 1. The maximum atomic E-state index is 13.4. The maximum Gasteiger partial charge on any atom is 0.133 e. The van der Waals surface area contributed by atoms with E-state index in [4.69, 9.17) is 0 Å². The molecule has 0 bridgehead atoms.